The Labute approximate surface area is 238 Å². The highest BCUT2D eigenvalue weighted by Gasteiger charge is 2.31. The predicted octanol–water partition coefficient (Wildman–Crippen LogP) is 7.69. The topological polar surface area (TPSA) is 67.9 Å². The van der Waals surface area contributed by atoms with Crippen molar-refractivity contribution in [1.82, 2.24) is 10.2 Å². The van der Waals surface area contributed by atoms with Crippen LogP contribution in [-0.2, 0) is 16.0 Å². The molecule has 0 fully saturated rings. The molecule has 4 rings (SSSR count). The van der Waals surface area contributed by atoms with Crippen LogP contribution in [0.25, 0.3) is 11.1 Å². The second-order valence-electron chi connectivity index (χ2n) is 11.7. The first-order chi connectivity index (χ1) is 19.1. The van der Waals surface area contributed by atoms with Gasteiger partial charge in [0.1, 0.15) is 12.2 Å². The molecule has 0 radical (unpaired) electrons. The molecular formula is C34H42N2O4. The molecule has 1 N–H and O–H groups in total. The van der Waals surface area contributed by atoms with E-state index >= 15 is 0 Å². The highest BCUT2D eigenvalue weighted by atomic mass is 16.6. The van der Waals surface area contributed by atoms with Gasteiger partial charge in [-0.1, -0.05) is 93.1 Å². The van der Waals surface area contributed by atoms with E-state index in [1.807, 2.05) is 76.2 Å². The minimum Gasteiger partial charge on any atom is -0.448 e. The second kappa shape index (κ2) is 12.6. The monoisotopic (exact) mass is 542 g/mol. The molecule has 3 aromatic carbocycles. The zero-order valence-electron chi connectivity index (χ0n) is 24.6. The molecule has 6 nitrogen and oxygen atoms in total. The van der Waals surface area contributed by atoms with E-state index in [1.54, 1.807) is 4.90 Å². The first-order valence-electron chi connectivity index (χ1n) is 14.2. The smallest absolute Gasteiger partial charge is 0.410 e. The zero-order chi connectivity index (χ0) is 28.9. The number of hydrogen-bond acceptors (Lipinski definition) is 4. The first-order valence-corrected chi connectivity index (χ1v) is 14.2. The van der Waals surface area contributed by atoms with Crippen molar-refractivity contribution in [2.75, 3.05) is 13.2 Å². The van der Waals surface area contributed by atoms with E-state index in [1.165, 1.54) is 22.3 Å². The van der Waals surface area contributed by atoms with Crippen molar-refractivity contribution >= 4 is 12.2 Å². The van der Waals surface area contributed by atoms with Crippen LogP contribution in [0.3, 0.4) is 0 Å². The maximum atomic E-state index is 13.8. The van der Waals surface area contributed by atoms with E-state index in [0.717, 1.165) is 17.5 Å². The summed E-state index contributed by atoms with van der Waals surface area (Å²) in [6.45, 7) is 12.6. The van der Waals surface area contributed by atoms with Crippen molar-refractivity contribution in [3.05, 3.63) is 95.1 Å². The number of ether oxygens (including phenoxy) is 2. The van der Waals surface area contributed by atoms with Crippen molar-refractivity contribution in [3.63, 3.8) is 0 Å². The van der Waals surface area contributed by atoms with Crippen molar-refractivity contribution in [1.29, 1.82) is 0 Å². The van der Waals surface area contributed by atoms with Gasteiger partial charge in [0.2, 0.25) is 0 Å². The largest absolute Gasteiger partial charge is 0.448 e. The predicted molar refractivity (Wildman–Crippen MR) is 159 cm³/mol. The lowest BCUT2D eigenvalue weighted by Gasteiger charge is -2.32. The molecule has 0 heterocycles. The number of benzene rings is 3. The summed E-state index contributed by atoms with van der Waals surface area (Å²) in [5.41, 5.74) is 6.24. The standard InChI is InChI=1S/C34H42N2O4/c1-7-23(2)31(35-32(37)40-34(4,5)6)21-36(20-25-15-9-8-14-24(25)3)33(38)39-22-30-28-18-12-10-16-26(28)27-17-11-13-19-29(27)30/h8-19,23,30-31H,7,20-22H2,1-6H3,(H,35,37)/t23-,31+/m0/s1. The van der Waals surface area contributed by atoms with Crippen LogP contribution in [-0.4, -0.2) is 41.9 Å². The van der Waals surface area contributed by atoms with Crippen LogP contribution in [0.15, 0.2) is 72.8 Å². The number of carbonyl (C=O) groups is 2. The van der Waals surface area contributed by atoms with E-state index in [0.29, 0.717) is 13.1 Å². The summed E-state index contributed by atoms with van der Waals surface area (Å²) in [6, 6.07) is 24.3. The SMILES string of the molecule is CC[C@H](C)[C@@H](CN(Cc1ccccc1C)C(=O)OCC1c2ccccc2-c2ccccc21)NC(=O)OC(C)(C)C. The molecule has 6 heteroatoms. The average molecular weight is 543 g/mol. The van der Waals surface area contributed by atoms with Gasteiger partial charge >= 0.3 is 12.2 Å². The molecule has 0 aliphatic heterocycles. The lowest BCUT2D eigenvalue weighted by Crippen LogP contribution is -2.50. The molecule has 0 spiro atoms. The van der Waals surface area contributed by atoms with Gasteiger partial charge in [-0.25, -0.2) is 9.59 Å². The summed E-state index contributed by atoms with van der Waals surface area (Å²) < 4.78 is 11.6. The zero-order valence-corrected chi connectivity index (χ0v) is 24.6. The average Bonchev–Trinajstić information content (AvgIpc) is 3.24. The van der Waals surface area contributed by atoms with Crippen molar-refractivity contribution in [2.24, 2.45) is 5.92 Å². The fraction of sp³-hybridized carbons (Fsp3) is 0.412. The molecule has 1 aliphatic rings. The third-order valence-corrected chi connectivity index (χ3v) is 7.67. The third-order valence-electron chi connectivity index (χ3n) is 7.67. The van der Waals surface area contributed by atoms with Crippen LogP contribution in [0.2, 0.25) is 0 Å². The van der Waals surface area contributed by atoms with Gasteiger partial charge in [-0.3, -0.25) is 0 Å². The molecule has 2 atom stereocenters. The van der Waals surface area contributed by atoms with Gasteiger partial charge in [-0.2, -0.15) is 0 Å². The van der Waals surface area contributed by atoms with E-state index in [2.05, 4.69) is 43.4 Å². The second-order valence-corrected chi connectivity index (χ2v) is 11.7. The number of amides is 2. The summed E-state index contributed by atoms with van der Waals surface area (Å²) in [5.74, 6) is 0.0928. The minimum atomic E-state index is -0.613. The third kappa shape index (κ3) is 7.04. The molecule has 0 saturated carbocycles. The molecule has 2 amide bonds. The number of nitrogens with one attached hydrogen (secondary N) is 1. The molecule has 1 aliphatic carbocycles. The molecule has 40 heavy (non-hydrogen) atoms. The number of nitrogens with zero attached hydrogens (tertiary/aromatic N) is 1. The first kappa shape index (κ1) is 29.2. The number of alkyl carbamates (subject to hydrolysis) is 1. The maximum absolute atomic E-state index is 13.8. The molecule has 0 saturated heterocycles. The Morgan fingerprint density at radius 3 is 2.08 bits per heavy atom. The van der Waals surface area contributed by atoms with Crippen molar-refractivity contribution < 1.29 is 19.1 Å². The van der Waals surface area contributed by atoms with E-state index in [4.69, 9.17) is 9.47 Å². The molecule has 212 valence electrons. The van der Waals surface area contributed by atoms with Gasteiger partial charge in [-0.15, -0.1) is 0 Å². The summed E-state index contributed by atoms with van der Waals surface area (Å²) in [6.07, 6.45) is -0.0471. The van der Waals surface area contributed by atoms with Gasteiger partial charge < -0.3 is 19.7 Å². The lowest BCUT2D eigenvalue weighted by atomic mass is 9.98. The molecule has 0 unspecified atom stereocenters. The highest BCUT2D eigenvalue weighted by Crippen LogP contribution is 2.44. The van der Waals surface area contributed by atoms with Crippen LogP contribution in [0.5, 0.6) is 0 Å². The van der Waals surface area contributed by atoms with Crippen LogP contribution in [0.4, 0.5) is 9.59 Å². The molecule has 0 aromatic heterocycles. The Balaban J connectivity index is 1.55. The van der Waals surface area contributed by atoms with Gasteiger partial charge in [0, 0.05) is 19.0 Å². The normalized spacial score (nSPS) is 14.1. The van der Waals surface area contributed by atoms with E-state index < -0.39 is 17.8 Å². The van der Waals surface area contributed by atoms with Gasteiger partial charge in [0.15, 0.2) is 0 Å². The Morgan fingerprint density at radius 2 is 1.50 bits per heavy atom. The van der Waals surface area contributed by atoms with Crippen molar-refractivity contribution in [2.45, 2.75) is 72.1 Å². The summed E-state index contributed by atoms with van der Waals surface area (Å²) in [5, 5.41) is 3.02. The Hall–Kier alpha value is -3.80. The molecular weight excluding hydrogens is 500 g/mol. The number of aryl methyl sites for hydroxylation is 1. The fourth-order valence-corrected chi connectivity index (χ4v) is 5.23. The summed E-state index contributed by atoms with van der Waals surface area (Å²) in [4.78, 5) is 28.2. The molecule has 3 aromatic rings. The van der Waals surface area contributed by atoms with Crippen LogP contribution < -0.4 is 5.32 Å². The number of hydrogen-bond donors (Lipinski definition) is 1. The van der Waals surface area contributed by atoms with Crippen LogP contribution >= 0.6 is 0 Å². The summed E-state index contributed by atoms with van der Waals surface area (Å²) >= 11 is 0. The number of carbonyl (C=O) groups excluding carboxylic acids is 2. The Bertz CT molecular complexity index is 1280. The van der Waals surface area contributed by atoms with Crippen molar-refractivity contribution in [3.8, 4) is 11.1 Å². The summed E-state index contributed by atoms with van der Waals surface area (Å²) in [7, 11) is 0. The maximum Gasteiger partial charge on any atom is 0.410 e. The van der Waals surface area contributed by atoms with E-state index in [-0.39, 0.29) is 24.5 Å². The van der Waals surface area contributed by atoms with Gasteiger partial charge in [-0.05, 0) is 67.0 Å². The lowest BCUT2D eigenvalue weighted by molar-refractivity contribution is 0.0453. The van der Waals surface area contributed by atoms with Gasteiger partial charge in [0.25, 0.3) is 0 Å². The van der Waals surface area contributed by atoms with Crippen LogP contribution in [0, 0.1) is 12.8 Å². The van der Waals surface area contributed by atoms with E-state index in [9.17, 15) is 9.59 Å². The quantitative estimate of drug-likeness (QED) is 0.301. The number of fused-ring (bicyclic) bond motifs is 3. The Morgan fingerprint density at radius 1 is 0.925 bits per heavy atom. The highest BCUT2D eigenvalue weighted by molar-refractivity contribution is 5.79. The minimum absolute atomic E-state index is 0.0260. The molecule has 0 bridgehead atoms. The Kier molecular flexibility index (Phi) is 9.18. The number of rotatable bonds is 9. The fourth-order valence-electron chi connectivity index (χ4n) is 5.23. The van der Waals surface area contributed by atoms with Crippen LogP contribution in [0.1, 0.15) is 69.2 Å². The van der Waals surface area contributed by atoms with Gasteiger partial charge in [0.05, 0.1) is 6.04 Å².